The SMILES string of the molecule is CCOC(=O)CCC(Cl)c1ccncc1. The van der Waals surface area contributed by atoms with Crippen molar-refractivity contribution in [2.24, 2.45) is 0 Å². The van der Waals surface area contributed by atoms with Crippen LogP contribution >= 0.6 is 11.6 Å². The Labute approximate surface area is 94.4 Å². The van der Waals surface area contributed by atoms with Gasteiger partial charge >= 0.3 is 5.97 Å². The highest BCUT2D eigenvalue weighted by molar-refractivity contribution is 6.20. The van der Waals surface area contributed by atoms with Gasteiger partial charge in [-0.15, -0.1) is 11.6 Å². The Kier molecular flexibility index (Phi) is 5.12. The Hall–Kier alpha value is -1.09. The second-order valence-electron chi connectivity index (χ2n) is 3.09. The first-order chi connectivity index (χ1) is 7.24. The van der Waals surface area contributed by atoms with Gasteiger partial charge in [0.1, 0.15) is 0 Å². The Morgan fingerprint density at radius 2 is 2.20 bits per heavy atom. The van der Waals surface area contributed by atoms with E-state index >= 15 is 0 Å². The summed E-state index contributed by atoms with van der Waals surface area (Å²) in [6, 6.07) is 3.70. The van der Waals surface area contributed by atoms with Crippen LogP contribution in [0, 0.1) is 0 Å². The monoisotopic (exact) mass is 227 g/mol. The van der Waals surface area contributed by atoms with E-state index in [0.29, 0.717) is 19.4 Å². The Morgan fingerprint density at radius 3 is 2.80 bits per heavy atom. The summed E-state index contributed by atoms with van der Waals surface area (Å²) < 4.78 is 4.82. The number of esters is 1. The summed E-state index contributed by atoms with van der Waals surface area (Å²) in [5, 5.41) is -0.155. The lowest BCUT2D eigenvalue weighted by atomic mass is 10.1. The minimum Gasteiger partial charge on any atom is -0.466 e. The normalized spacial score (nSPS) is 12.1. The lowest BCUT2D eigenvalue weighted by Gasteiger charge is -2.08. The molecule has 3 nitrogen and oxygen atoms in total. The molecule has 0 aliphatic rings. The quantitative estimate of drug-likeness (QED) is 0.574. The lowest BCUT2D eigenvalue weighted by molar-refractivity contribution is -0.143. The van der Waals surface area contributed by atoms with E-state index in [1.165, 1.54) is 0 Å². The van der Waals surface area contributed by atoms with E-state index in [2.05, 4.69) is 4.98 Å². The van der Waals surface area contributed by atoms with Crippen LogP contribution in [0.4, 0.5) is 0 Å². The predicted molar refractivity (Wildman–Crippen MR) is 58.7 cm³/mol. The Morgan fingerprint density at radius 1 is 1.53 bits per heavy atom. The fourth-order valence-corrected chi connectivity index (χ4v) is 1.47. The largest absolute Gasteiger partial charge is 0.466 e. The molecule has 0 spiro atoms. The van der Waals surface area contributed by atoms with Crippen LogP contribution in [-0.4, -0.2) is 17.6 Å². The summed E-state index contributed by atoms with van der Waals surface area (Å²) in [6.07, 6.45) is 4.32. The molecular formula is C11H14ClNO2. The van der Waals surface area contributed by atoms with Crippen molar-refractivity contribution in [1.82, 2.24) is 4.98 Å². The van der Waals surface area contributed by atoms with Gasteiger partial charge in [0.2, 0.25) is 0 Å². The number of carbonyl (C=O) groups is 1. The third-order valence-corrected chi connectivity index (χ3v) is 2.45. The van der Waals surface area contributed by atoms with Gasteiger partial charge in [0.25, 0.3) is 0 Å². The molecule has 1 heterocycles. The molecule has 0 saturated heterocycles. The van der Waals surface area contributed by atoms with Crippen molar-refractivity contribution in [3.63, 3.8) is 0 Å². The number of nitrogens with zero attached hydrogens (tertiary/aromatic N) is 1. The molecule has 0 fully saturated rings. The fraction of sp³-hybridized carbons (Fsp3) is 0.455. The van der Waals surface area contributed by atoms with Gasteiger partial charge in [0.15, 0.2) is 0 Å². The Balaban J connectivity index is 2.37. The maximum Gasteiger partial charge on any atom is 0.305 e. The van der Waals surface area contributed by atoms with Gasteiger partial charge in [0, 0.05) is 18.8 Å². The van der Waals surface area contributed by atoms with Crippen LogP contribution in [0.1, 0.15) is 30.7 Å². The van der Waals surface area contributed by atoms with Crippen molar-refractivity contribution in [2.45, 2.75) is 25.1 Å². The third kappa shape index (κ3) is 4.30. The topological polar surface area (TPSA) is 39.2 Å². The van der Waals surface area contributed by atoms with Crippen LogP contribution in [0.15, 0.2) is 24.5 Å². The first kappa shape index (κ1) is 12.0. The molecule has 0 aromatic carbocycles. The molecule has 1 aromatic rings. The highest BCUT2D eigenvalue weighted by Gasteiger charge is 2.10. The number of aromatic nitrogens is 1. The average molecular weight is 228 g/mol. The second kappa shape index (κ2) is 6.40. The van der Waals surface area contributed by atoms with E-state index < -0.39 is 0 Å². The first-order valence-electron chi connectivity index (χ1n) is 4.93. The summed E-state index contributed by atoms with van der Waals surface area (Å²) in [4.78, 5) is 15.0. The minimum atomic E-state index is -0.197. The summed E-state index contributed by atoms with van der Waals surface area (Å²) in [5.74, 6) is -0.197. The molecule has 15 heavy (non-hydrogen) atoms. The number of hydrogen-bond acceptors (Lipinski definition) is 3. The number of pyridine rings is 1. The van der Waals surface area contributed by atoms with Crippen LogP contribution in [-0.2, 0) is 9.53 Å². The maximum absolute atomic E-state index is 11.1. The lowest BCUT2D eigenvalue weighted by Crippen LogP contribution is -2.05. The zero-order chi connectivity index (χ0) is 11.1. The third-order valence-electron chi connectivity index (χ3n) is 1.98. The van der Waals surface area contributed by atoms with Crippen LogP contribution in [0.25, 0.3) is 0 Å². The molecule has 0 saturated carbocycles. The van der Waals surface area contributed by atoms with Crippen molar-refractivity contribution in [1.29, 1.82) is 0 Å². The molecular weight excluding hydrogens is 214 g/mol. The molecule has 4 heteroatoms. The van der Waals surface area contributed by atoms with E-state index in [4.69, 9.17) is 16.3 Å². The Bertz CT molecular complexity index is 303. The van der Waals surface area contributed by atoms with Gasteiger partial charge in [-0.25, -0.2) is 0 Å². The van der Waals surface area contributed by atoms with Crippen molar-refractivity contribution in [3.05, 3.63) is 30.1 Å². The van der Waals surface area contributed by atoms with Gasteiger partial charge in [-0.1, -0.05) is 0 Å². The number of alkyl halides is 1. The first-order valence-corrected chi connectivity index (χ1v) is 5.37. The minimum absolute atomic E-state index is 0.155. The molecule has 0 aliphatic carbocycles. The molecule has 1 rings (SSSR count). The fourth-order valence-electron chi connectivity index (χ4n) is 1.22. The van der Waals surface area contributed by atoms with E-state index in [1.807, 2.05) is 12.1 Å². The molecule has 0 radical (unpaired) electrons. The van der Waals surface area contributed by atoms with E-state index in [-0.39, 0.29) is 11.3 Å². The number of carbonyl (C=O) groups excluding carboxylic acids is 1. The number of halogens is 1. The van der Waals surface area contributed by atoms with Crippen LogP contribution in [0.2, 0.25) is 0 Å². The molecule has 1 atom stereocenters. The van der Waals surface area contributed by atoms with Gasteiger partial charge in [0.05, 0.1) is 12.0 Å². The van der Waals surface area contributed by atoms with Crippen molar-refractivity contribution in [3.8, 4) is 0 Å². The average Bonchev–Trinajstić information content (AvgIpc) is 2.27. The van der Waals surface area contributed by atoms with Crippen LogP contribution < -0.4 is 0 Å². The summed E-state index contributed by atoms with van der Waals surface area (Å²) in [6.45, 7) is 2.21. The van der Waals surface area contributed by atoms with Gasteiger partial charge in [-0.2, -0.15) is 0 Å². The molecule has 0 amide bonds. The number of ether oxygens (including phenoxy) is 1. The van der Waals surface area contributed by atoms with Crippen molar-refractivity contribution in [2.75, 3.05) is 6.61 Å². The summed E-state index contributed by atoms with van der Waals surface area (Å²) in [7, 11) is 0. The van der Waals surface area contributed by atoms with E-state index in [9.17, 15) is 4.79 Å². The molecule has 1 aromatic heterocycles. The number of rotatable bonds is 5. The highest BCUT2D eigenvalue weighted by Crippen LogP contribution is 2.24. The van der Waals surface area contributed by atoms with E-state index in [0.717, 1.165) is 5.56 Å². The zero-order valence-electron chi connectivity index (χ0n) is 8.65. The van der Waals surface area contributed by atoms with Gasteiger partial charge in [-0.05, 0) is 31.0 Å². The van der Waals surface area contributed by atoms with Gasteiger partial charge < -0.3 is 4.74 Å². The zero-order valence-corrected chi connectivity index (χ0v) is 9.41. The summed E-state index contributed by atoms with van der Waals surface area (Å²) >= 11 is 6.11. The second-order valence-corrected chi connectivity index (χ2v) is 3.62. The maximum atomic E-state index is 11.1. The van der Waals surface area contributed by atoms with Crippen molar-refractivity contribution < 1.29 is 9.53 Å². The van der Waals surface area contributed by atoms with E-state index in [1.54, 1.807) is 19.3 Å². The standard InChI is InChI=1S/C11H14ClNO2/c1-2-15-11(14)4-3-10(12)9-5-7-13-8-6-9/h5-8,10H,2-4H2,1H3. The van der Waals surface area contributed by atoms with Gasteiger partial charge in [-0.3, -0.25) is 9.78 Å². The van der Waals surface area contributed by atoms with Crippen molar-refractivity contribution >= 4 is 17.6 Å². The summed E-state index contributed by atoms with van der Waals surface area (Å²) in [5.41, 5.74) is 0.982. The molecule has 0 bridgehead atoms. The van der Waals surface area contributed by atoms with Crippen LogP contribution in [0.5, 0.6) is 0 Å². The molecule has 0 N–H and O–H groups in total. The number of hydrogen-bond donors (Lipinski definition) is 0. The molecule has 0 aliphatic heterocycles. The molecule has 1 unspecified atom stereocenters. The predicted octanol–water partition coefficient (Wildman–Crippen LogP) is 2.70. The molecule has 82 valence electrons. The van der Waals surface area contributed by atoms with Crippen LogP contribution in [0.3, 0.4) is 0 Å². The smallest absolute Gasteiger partial charge is 0.305 e. The highest BCUT2D eigenvalue weighted by atomic mass is 35.5.